The van der Waals surface area contributed by atoms with Gasteiger partial charge in [-0.25, -0.2) is 9.97 Å². The van der Waals surface area contributed by atoms with Gasteiger partial charge in [-0.1, -0.05) is 18.5 Å². The van der Waals surface area contributed by atoms with E-state index in [-0.39, 0.29) is 0 Å². The summed E-state index contributed by atoms with van der Waals surface area (Å²) in [5.74, 6) is 1.45. The van der Waals surface area contributed by atoms with E-state index in [2.05, 4.69) is 16.9 Å². The molecule has 0 atom stereocenters. The van der Waals surface area contributed by atoms with Crippen molar-refractivity contribution >= 4 is 11.6 Å². The van der Waals surface area contributed by atoms with Crippen molar-refractivity contribution in [2.75, 3.05) is 0 Å². The maximum Gasteiger partial charge on any atom is 0.164 e. The van der Waals surface area contributed by atoms with Gasteiger partial charge in [-0.3, -0.25) is 0 Å². The lowest BCUT2D eigenvalue weighted by Gasteiger charge is -2.06. The summed E-state index contributed by atoms with van der Waals surface area (Å²) in [4.78, 5) is 8.78. The molecule has 4 heteroatoms. The number of hydrogen-bond donors (Lipinski definition) is 0. The van der Waals surface area contributed by atoms with Crippen LogP contribution in [0.3, 0.4) is 0 Å². The van der Waals surface area contributed by atoms with Crippen LogP contribution >= 0.6 is 11.6 Å². The molecular weight excluding hydrogens is 224 g/mol. The quantitative estimate of drug-likeness (QED) is 0.749. The molecular formula is C12H13ClN2O. The number of furan rings is 1. The van der Waals surface area contributed by atoms with E-state index in [9.17, 15) is 0 Å². The van der Waals surface area contributed by atoms with E-state index >= 15 is 0 Å². The third-order valence-electron chi connectivity index (χ3n) is 2.62. The normalized spacial score (nSPS) is 10.8. The first-order valence-corrected chi connectivity index (χ1v) is 5.58. The average molecular weight is 237 g/mol. The fourth-order valence-corrected chi connectivity index (χ4v) is 1.80. The Balaban J connectivity index is 2.59. The second-order valence-electron chi connectivity index (χ2n) is 3.65. The SMILES string of the molecule is CCc1nc(-c2ccoc2C)nc(Cl)c1C. The monoisotopic (exact) mass is 236 g/mol. The zero-order chi connectivity index (χ0) is 11.7. The van der Waals surface area contributed by atoms with Gasteiger partial charge in [0.25, 0.3) is 0 Å². The van der Waals surface area contributed by atoms with Gasteiger partial charge in [0.15, 0.2) is 5.82 Å². The molecule has 0 unspecified atom stereocenters. The lowest BCUT2D eigenvalue weighted by atomic mass is 10.2. The van der Waals surface area contributed by atoms with Crippen molar-refractivity contribution in [1.29, 1.82) is 0 Å². The van der Waals surface area contributed by atoms with E-state index in [4.69, 9.17) is 16.0 Å². The van der Waals surface area contributed by atoms with Crippen molar-refractivity contribution in [2.24, 2.45) is 0 Å². The molecule has 2 heterocycles. The smallest absolute Gasteiger partial charge is 0.164 e. The van der Waals surface area contributed by atoms with Crippen LogP contribution in [0.4, 0.5) is 0 Å². The van der Waals surface area contributed by atoms with Gasteiger partial charge in [0.1, 0.15) is 10.9 Å². The highest BCUT2D eigenvalue weighted by Gasteiger charge is 2.12. The maximum absolute atomic E-state index is 6.09. The summed E-state index contributed by atoms with van der Waals surface area (Å²) in [7, 11) is 0. The molecule has 2 aromatic rings. The molecule has 0 aromatic carbocycles. The molecule has 3 nitrogen and oxygen atoms in total. The third kappa shape index (κ3) is 1.83. The van der Waals surface area contributed by atoms with Gasteiger partial charge >= 0.3 is 0 Å². The minimum absolute atomic E-state index is 0.516. The minimum atomic E-state index is 0.516. The van der Waals surface area contributed by atoms with Crippen LogP contribution in [-0.4, -0.2) is 9.97 Å². The molecule has 0 aliphatic carbocycles. The van der Waals surface area contributed by atoms with Gasteiger partial charge in [0.2, 0.25) is 0 Å². The molecule has 0 radical (unpaired) electrons. The molecule has 0 spiro atoms. The second-order valence-corrected chi connectivity index (χ2v) is 4.01. The van der Waals surface area contributed by atoms with Gasteiger partial charge in [-0.15, -0.1) is 0 Å². The Morgan fingerprint density at radius 1 is 1.31 bits per heavy atom. The lowest BCUT2D eigenvalue weighted by molar-refractivity contribution is 0.535. The molecule has 0 N–H and O–H groups in total. The summed E-state index contributed by atoms with van der Waals surface area (Å²) >= 11 is 6.09. The highest BCUT2D eigenvalue weighted by molar-refractivity contribution is 6.30. The molecule has 0 bridgehead atoms. The average Bonchev–Trinajstić information content (AvgIpc) is 2.68. The van der Waals surface area contributed by atoms with Gasteiger partial charge in [-0.2, -0.15) is 0 Å². The number of halogens is 1. The van der Waals surface area contributed by atoms with Gasteiger partial charge in [0, 0.05) is 11.3 Å². The molecule has 0 fully saturated rings. The number of nitrogens with zero attached hydrogens (tertiary/aromatic N) is 2. The molecule has 84 valence electrons. The van der Waals surface area contributed by atoms with E-state index in [1.54, 1.807) is 6.26 Å². The first-order chi connectivity index (χ1) is 7.63. The van der Waals surface area contributed by atoms with Crippen molar-refractivity contribution < 1.29 is 4.42 Å². The fourth-order valence-electron chi connectivity index (χ4n) is 1.61. The van der Waals surface area contributed by atoms with Crippen LogP contribution < -0.4 is 0 Å². The van der Waals surface area contributed by atoms with E-state index < -0.39 is 0 Å². The Hall–Kier alpha value is -1.35. The van der Waals surface area contributed by atoms with Crippen LogP contribution in [0.1, 0.15) is 23.9 Å². The molecule has 2 aromatic heterocycles. The van der Waals surface area contributed by atoms with E-state index in [1.807, 2.05) is 19.9 Å². The summed E-state index contributed by atoms with van der Waals surface area (Å²) in [6, 6.07) is 1.86. The van der Waals surface area contributed by atoms with E-state index in [0.717, 1.165) is 29.0 Å². The van der Waals surface area contributed by atoms with Gasteiger partial charge in [0.05, 0.1) is 11.8 Å². The van der Waals surface area contributed by atoms with Crippen LogP contribution in [-0.2, 0) is 6.42 Å². The Labute approximate surface area is 99.5 Å². The number of aromatic nitrogens is 2. The highest BCUT2D eigenvalue weighted by atomic mass is 35.5. The third-order valence-corrected chi connectivity index (χ3v) is 2.99. The van der Waals surface area contributed by atoms with Crippen molar-refractivity contribution in [2.45, 2.75) is 27.2 Å². The maximum atomic E-state index is 6.09. The standard InChI is InChI=1S/C12H13ClN2O/c1-4-10-7(2)11(13)15-12(14-10)9-5-6-16-8(9)3/h5-6H,4H2,1-3H3. The first-order valence-electron chi connectivity index (χ1n) is 5.21. The van der Waals surface area contributed by atoms with E-state index in [1.165, 1.54) is 0 Å². The zero-order valence-electron chi connectivity index (χ0n) is 9.54. The van der Waals surface area contributed by atoms with Gasteiger partial charge < -0.3 is 4.42 Å². The predicted octanol–water partition coefficient (Wildman–Crippen LogP) is 3.57. The minimum Gasteiger partial charge on any atom is -0.469 e. The Bertz CT molecular complexity index is 520. The fraction of sp³-hybridized carbons (Fsp3) is 0.333. The zero-order valence-corrected chi connectivity index (χ0v) is 10.3. The number of rotatable bonds is 2. The second kappa shape index (κ2) is 4.26. The van der Waals surface area contributed by atoms with Crippen molar-refractivity contribution in [3.63, 3.8) is 0 Å². The Morgan fingerprint density at radius 3 is 2.62 bits per heavy atom. The van der Waals surface area contributed by atoms with Crippen LogP contribution in [0, 0.1) is 13.8 Å². The summed E-state index contributed by atoms with van der Waals surface area (Å²) in [6.07, 6.45) is 2.48. The summed E-state index contributed by atoms with van der Waals surface area (Å²) in [5.41, 5.74) is 2.83. The summed E-state index contributed by atoms with van der Waals surface area (Å²) in [6.45, 7) is 5.88. The number of aryl methyl sites for hydroxylation is 2. The van der Waals surface area contributed by atoms with Crippen molar-refractivity contribution in [1.82, 2.24) is 9.97 Å². The molecule has 0 aliphatic rings. The summed E-state index contributed by atoms with van der Waals surface area (Å²) < 4.78 is 5.24. The first kappa shape index (κ1) is 11.1. The molecule has 2 rings (SSSR count). The van der Waals surface area contributed by atoms with Crippen molar-refractivity contribution in [3.8, 4) is 11.4 Å². The molecule has 0 aliphatic heterocycles. The number of hydrogen-bond acceptors (Lipinski definition) is 3. The molecule has 0 saturated heterocycles. The molecule has 16 heavy (non-hydrogen) atoms. The lowest BCUT2D eigenvalue weighted by Crippen LogP contribution is -1.99. The van der Waals surface area contributed by atoms with E-state index in [0.29, 0.717) is 11.0 Å². The van der Waals surface area contributed by atoms with Crippen LogP contribution in [0.25, 0.3) is 11.4 Å². The van der Waals surface area contributed by atoms with Crippen LogP contribution in [0.15, 0.2) is 16.7 Å². The van der Waals surface area contributed by atoms with Gasteiger partial charge in [-0.05, 0) is 26.3 Å². The Kier molecular flexibility index (Phi) is 2.97. The Morgan fingerprint density at radius 2 is 2.06 bits per heavy atom. The van der Waals surface area contributed by atoms with Crippen LogP contribution in [0.2, 0.25) is 5.15 Å². The highest BCUT2D eigenvalue weighted by Crippen LogP contribution is 2.25. The topological polar surface area (TPSA) is 38.9 Å². The van der Waals surface area contributed by atoms with Crippen LogP contribution in [0.5, 0.6) is 0 Å². The largest absolute Gasteiger partial charge is 0.469 e. The molecule has 0 amide bonds. The predicted molar refractivity (Wildman–Crippen MR) is 63.6 cm³/mol. The molecule has 0 saturated carbocycles. The van der Waals surface area contributed by atoms with Crippen molar-refractivity contribution in [3.05, 3.63) is 34.5 Å². The summed E-state index contributed by atoms with van der Waals surface area (Å²) in [5, 5.41) is 0.516.